The van der Waals surface area contributed by atoms with Crippen LogP contribution in [-0.2, 0) is 9.31 Å². The van der Waals surface area contributed by atoms with E-state index in [0.29, 0.717) is 0 Å². The zero-order valence-electron chi connectivity index (χ0n) is 20.7. The third-order valence-corrected chi connectivity index (χ3v) is 7.36. The Morgan fingerprint density at radius 2 is 1.35 bits per heavy atom. The maximum atomic E-state index is 6.27. The van der Waals surface area contributed by atoms with E-state index >= 15 is 0 Å². The number of nitrogens with zero attached hydrogens (tertiary/aromatic N) is 1. The van der Waals surface area contributed by atoms with Gasteiger partial charge in [-0.2, -0.15) is 0 Å². The van der Waals surface area contributed by atoms with Crippen LogP contribution in [-0.4, -0.2) is 25.2 Å². The minimum atomic E-state index is -0.364. The summed E-state index contributed by atoms with van der Waals surface area (Å²) in [5, 5.41) is 0. The lowest BCUT2D eigenvalue weighted by Crippen LogP contribution is -2.48. The van der Waals surface area contributed by atoms with Crippen molar-refractivity contribution >= 4 is 36.3 Å². The van der Waals surface area contributed by atoms with Crippen LogP contribution in [0.2, 0.25) is 0 Å². The lowest BCUT2D eigenvalue weighted by molar-refractivity contribution is 0.00578. The van der Waals surface area contributed by atoms with E-state index in [-0.39, 0.29) is 25.2 Å². The number of benzene rings is 3. The largest absolute Gasteiger partial charge is 0.494 e. The highest BCUT2D eigenvalue weighted by Gasteiger charge is 2.51. The molecule has 34 heavy (non-hydrogen) atoms. The molecule has 0 amide bonds. The van der Waals surface area contributed by atoms with Gasteiger partial charge in [-0.25, -0.2) is 0 Å². The first-order chi connectivity index (χ1) is 16.3. The molecular formula is C29H31B2NO2. The highest BCUT2D eigenvalue weighted by Crippen LogP contribution is 2.37. The van der Waals surface area contributed by atoms with Gasteiger partial charge in [-0.1, -0.05) is 84.3 Å². The third kappa shape index (κ3) is 4.04. The minimum Gasteiger partial charge on any atom is -0.399 e. The van der Waals surface area contributed by atoms with E-state index in [1.807, 2.05) is 0 Å². The van der Waals surface area contributed by atoms with Crippen molar-refractivity contribution in [3.63, 3.8) is 0 Å². The van der Waals surface area contributed by atoms with Crippen molar-refractivity contribution in [1.29, 1.82) is 0 Å². The first kappa shape index (κ1) is 22.8. The summed E-state index contributed by atoms with van der Waals surface area (Å²) < 4.78 is 12.5. The maximum absolute atomic E-state index is 6.27. The van der Waals surface area contributed by atoms with Crippen molar-refractivity contribution in [3.05, 3.63) is 108 Å². The van der Waals surface area contributed by atoms with Crippen LogP contribution in [0.5, 0.6) is 0 Å². The summed E-state index contributed by atoms with van der Waals surface area (Å²) in [7, 11) is -0.364. The van der Waals surface area contributed by atoms with Crippen molar-refractivity contribution in [2.45, 2.75) is 45.8 Å². The Bertz CT molecular complexity index is 1220. The van der Waals surface area contributed by atoms with Gasteiger partial charge in [0.2, 0.25) is 0 Å². The van der Waals surface area contributed by atoms with Gasteiger partial charge in [0.05, 0.1) is 11.2 Å². The number of anilines is 1. The van der Waals surface area contributed by atoms with Crippen LogP contribution in [0.1, 0.15) is 38.8 Å². The fraction of sp³-hybridized carbons (Fsp3) is 0.241. The summed E-state index contributed by atoms with van der Waals surface area (Å²) in [5.74, 6) is 2.27. The standard InChI is InChI=1S/C29H31B2NO2/c1-22-12-9-10-15-26(22)30-21-11-16-27(23-13-7-6-8-14-23)32(30)25-19-17-24(18-20-25)31-33-28(2,3)29(4,5)34-31/h6-21H,1-5H3. The van der Waals surface area contributed by atoms with Gasteiger partial charge in [0.1, 0.15) is 0 Å². The van der Waals surface area contributed by atoms with Crippen LogP contribution >= 0.6 is 0 Å². The topological polar surface area (TPSA) is 21.7 Å². The Labute approximate surface area is 204 Å². The van der Waals surface area contributed by atoms with Crippen LogP contribution < -0.4 is 15.7 Å². The van der Waals surface area contributed by atoms with Crippen LogP contribution in [0.25, 0.3) is 5.70 Å². The Kier molecular flexibility index (Phi) is 5.79. The highest BCUT2D eigenvalue weighted by molar-refractivity contribution is 6.83. The molecule has 0 N–H and O–H groups in total. The van der Waals surface area contributed by atoms with E-state index in [2.05, 4.69) is 136 Å². The SMILES string of the molecule is Cc1ccccc1B1C=CC=C(c2ccccc2)N1c1ccc(B2OC(C)(C)C(C)(C)O2)cc1. The molecule has 5 heteroatoms. The molecular weight excluding hydrogens is 416 g/mol. The number of aryl methyl sites for hydroxylation is 1. The first-order valence-corrected chi connectivity index (χ1v) is 12.0. The van der Waals surface area contributed by atoms with Crippen LogP contribution in [0.3, 0.4) is 0 Å². The van der Waals surface area contributed by atoms with E-state index in [4.69, 9.17) is 9.31 Å². The lowest BCUT2D eigenvalue weighted by Gasteiger charge is -2.35. The van der Waals surface area contributed by atoms with Crippen molar-refractivity contribution in [1.82, 2.24) is 0 Å². The van der Waals surface area contributed by atoms with Gasteiger partial charge < -0.3 is 14.1 Å². The van der Waals surface area contributed by atoms with E-state index < -0.39 is 0 Å². The Morgan fingerprint density at radius 3 is 2.00 bits per heavy atom. The van der Waals surface area contributed by atoms with Crippen LogP contribution in [0.15, 0.2) is 97.0 Å². The number of allylic oxidation sites excluding steroid dienone is 2. The summed E-state index contributed by atoms with van der Waals surface area (Å²) in [4.78, 5) is 2.42. The molecule has 0 radical (unpaired) electrons. The summed E-state index contributed by atoms with van der Waals surface area (Å²) in [6.07, 6.45) is 4.38. The van der Waals surface area contributed by atoms with Gasteiger partial charge in [-0.15, -0.1) is 0 Å². The molecule has 0 saturated carbocycles. The average Bonchev–Trinajstić information content (AvgIpc) is 3.06. The fourth-order valence-electron chi connectivity index (χ4n) is 4.64. The number of hydrogen-bond donors (Lipinski definition) is 0. The second-order valence-corrected chi connectivity index (χ2v) is 10.2. The molecule has 2 heterocycles. The van der Waals surface area contributed by atoms with E-state index in [1.165, 1.54) is 22.3 Å². The average molecular weight is 447 g/mol. The molecule has 170 valence electrons. The molecule has 3 aromatic rings. The predicted molar refractivity (Wildman–Crippen MR) is 145 cm³/mol. The Balaban J connectivity index is 1.53. The van der Waals surface area contributed by atoms with E-state index in [9.17, 15) is 0 Å². The zero-order chi connectivity index (χ0) is 23.9. The zero-order valence-corrected chi connectivity index (χ0v) is 20.7. The Morgan fingerprint density at radius 1 is 0.735 bits per heavy atom. The van der Waals surface area contributed by atoms with Gasteiger partial charge in [-0.3, -0.25) is 0 Å². The van der Waals surface area contributed by atoms with Crippen LogP contribution in [0.4, 0.5) is 5.69 Å². The smallest absolute Gasteiger partial charge is 0.399 e. The molecule has 2 aliphatic heterocycles. The molecule has 0 aromatic heterocycles. The lowest BCUT2D eigenvalue weighted by atomic mass is 9.51. The highest BCUT2D eigenvalue weighted by atomic mass is 16.7. The third-order valence-electron chi connectivity index (χ3n) is 7.36. The molecule has 1 fully saturated rings. The van der Waals surface area contributed by atoms with E-state index in [0.717, 1.165) is 11.2 Å². The minimum absolute atomic E-state index is 0.101. The summed E-state index contributed by atoms with van der Waals surface area (Å²) in [6, 6.07) is 27.9. The van der Waals surface area contributed by atoms with Gasteiger partial charge >= 0.3 is 14.0 Å². The first-order valence-electron chi connectivity index (χ1n) is 12.0. The van der Waals surface area contributed by atoms with E-state index in [1.54, 1.807) is 0 Å². The Hall–Kier alpha value is -3.01. The number of rotatable bonds is 4. The maximum Gasteiger partial charge on any atom is 0.494 e. The van der Waals surface area contributed by atoms with Crippen molar-refractivity contribution in [2.75, 3.05) is 4.81 Å². The molecule has 0 bridgehead atoms. The van der Waals surface area contributed by atoms with Crippen LogP contribution in [0, 0.1) is 6.92 Å². The second kappa shape index (κ2) is 8.65. The van der Waals surface area contributed by atoms with Gasteiger partial charge in [0.15, 0.2) is 0 Å². The number of hydrogen-bond acceptors (Lipinski definition) is 3. The quantitative estimate of drug-likeness (QED) is 0.517. The summed E-state index contributed by atoms with van der Waals surface area (Å²) >= 11 is 0. The fourth-order valence-corrected chi connectivity index (χ4v) is 4.64. The van der Waals surface area contributed by atoms with Gasteiger partial charge in [-0.05, 0) is 69.3 Å². The molecule has 0 atom stereocenters. The normalized spacial score (nSPS) is 18.9. The molecule has 2 aliphatic rings. The molecule has 5 rings (SSSR count). The monoisotopic (exact) mass is 447 g/mol. The summed E-state index contributed by atoms with van der Waals surface area (Å²) in [6.45, 7) is 10.6. The van der Waals surface area contributed by atoms with Crippen molar-refractivity contribution in [3.8, 4) is 0 Å². The van der Waals surface area contributed by atoms with Crippen molar-refractivity contribution in [2.24, 2.45) is 0 Å². The second-order valence-electron chi connectivity index (χ2n) is 10.2. The molecule has 3 nitrogen and oxygen atoms in total. The molecule has 3 aromatic carbocycles. The molecule has 0 aliphatic carbocycles. The van der Waals surface area contributed by atoms with Gasteiger partial charge in [0, 0.05) is 11.4 Å². The molecule has 0 unspecified atom stereocenters. The summed E-state index contributed by atoms with van der Waals surface area (Å²) in [5.41, 5.74) is 6.42. The van der Waals surface area contributed by atoms with Gasteiger partial charge in [0.25, 0.3) is 0 Å². The predicted octanol–water partition coefficient (Wildman–Crippen LogP) is 5.15. The van der Waals surface area contributed by atoms with Crippen molar-refractivity contribution < 1.29 is 9.31 Å². The molecule has 0 spiro atoms. The molecule has 1 saturated heterocycles.